The number of nitrogen functional groups attached to an aromatic ring is 1. The number of nitrogens with two attached hydrogens (primary N) is 1. The average molecular weight is 363 g/mol. The largest absolute Gasteiger partial charge is 0.452 e. The van der Waals surface area contributed by atoms with Crippen molar-refractivity contribution in [3.05, 3.63) is 58.1 Å². The summed E-state index contributed by atoms with van der Waals surface area (Å²) in [7, 11) is 0. The van der Waals surface area contributed by atoms with Crippen LogP contribution in [0.4, 0.5) is 11.4 Å². The molecule has 0 spiro atoms. The predicted molar refractivity (Wildman–Crippen MR) is 88.6 cm³/mol. The van der Waals surface area contributed by atoms with Gasteiger partial charge in [0, 0.05) is 15.8 Å². The number of esters is 1. The average Bonchev–Trinajstić information content (AvgIpc) is 2.49. The monoisotopic (exact) mass is 362 g/mol. The topological polar surface area (TPSA) is 81.4 Å². The van der Waals surface area contributed by atoms with Crippen LogP contribution in [-0.2, 0) is 9.53 Å². The highest BCUT2D eigenvalue weighted by Gasteiger charge is 2.10. The maximum Gasteiger partial charge on any atom is 0.338 e. The van der Waals surface area contributed by atoms with Crippen LogP contribution in [0.5, 0.6) is 0 Å². The SMILES string of the molecule is Cc1cc(NC(=O)COC(=O)c2ccc(N)cc2)ccc1Br. The Morgan fingerprint density at radius 1 is 1.18 bits per heavy atom. The number of carbonyl (C=O) groups excluding carboxylic acids is 2. The van der Waals surface area contributed by atoms with E-state index in [9.17, 15) is 9.59 Å². The zero-order chi connectivity index (χ0) is 16.1. The van der Waals surface area contributed by atoms with Gasteiger partial charge in [-0.3, -0.25) is 4.79 Å². The molecule has 0 fully saturated rings. The lowest BCUT2D eigenvalue weighted by Gasteiger charge is -2.08. The molecule has 0 heterocycles. The second-order valence-electron chi connectivity index (χ2n) is 4.71. The first kappa shape index (κ1) is 16.0. The third-order valence-corrected chi connectivity index (χ3v) is 3.81. The van der Waals surface area contributed by atoms with Crippen LogP contribution < -0.4 is 11.1 Å². The molecule has 5 nitrogen and oxygen atoms in total. The molecule has 0 aromatic heterocycles. The highest BCUT2D eigenvalue weighted by atomic mass is 79.9. The highest BCUT2D eigenvalue weighted by molar-refractivity contribution is 9.10. The molecule has 22 heavy (non-hydrogen) atoms. The Morgan fingerprint density at radius 3 is 2.50 bits per heavy atom. The molecule has 3 N–H and O–H groups in total. The molecular formula is C16H15BrN2O3. The quantitative estimate of drug-likeness (QED) is 0.646. The molecule has 0 aliphatic heterocycles. The van der Waals surface area contributed by atoms with Crippen molar-refractivity contribution < 1.29 is 14.3 Å². The van der Waals surface area contributed by atoms with Crippen LogP contribution in [0.25, 0.3) is 0 Å². The van der Waals surface area contributed by atoms with Crippen LogP contribution in [0, 0.1) is 6.92 Å². The van der Waals surface area contributed by atoms with E-state index in [4.69, 9.17) is 10.5 Å². The molecule has 6 heteroatoms. The summed E-state index contributed by atoms with van der Waals surface area (Å²) < 4.78 is 5.91. The van der Waals surface area contributed by atoms with Gasteiger partial charge in [0.05, 0.1) is 5.56 Å². The van der Waals surface area contributed by atoms with E-state index < -0.39 is 11.9 Å². The van der Waals surface area contributed by atoms with E-state index in [2.05, 4.69) is 21.2 Å². The van der Waals surface area contributed by atoms with Gasteiger partial charge in [0.1, 0.15) is 0 Å². The van der Waals surface area contributed by atoms with Crippen LogP contribution in [0.3, 0.4) is 0 Å². The van der Waals surface area contributed by atoms with Crippen molar-refractivity contribution >= 4 is 39.2 Å². The Bertz CT molecular complexity index is 699. The molecule has 0 aliphatic carbocycles. The highest BCUT2D eigenvalue weighted by Crippen LogP contribution is 2.19. The minimum absolute atomic E-state index is 0.349. The van der Waals surface area contributed by atoms with E-state index in [0.29, 0.717) is 16.9 Å². The van der Waals surface area contributed by atoms with Crippen molar-refractivity contribution in [3.63, 3.8) is 0 Å². The van der Waals surface area contributed by atoms with Crippen LogP contribution in [0.2, 0.25) is 0 Å². The fraction of sp³-hybridized carbons (Fsp3) is 0.125. The molecule has 0 radical (unpaired) electrons. The summed E-state index contributed by atoms with van der Waals surface area (Å²) >= 11 is 3.39. The van der Waals surface area contributed by atoms with Gasteiger partial charge in [-0.15, -0.1) is 0 Å². The van der Waals surface area contributed by atoms with Crippen LogP contribution in [0.1, 0.15) is 15.9 Å². The maximum atomic E-state index is 11.8. The number of carbonyl (C=O) groups is 2. The molecule has 0 atom stereocenters. The maximum absolute atomic E-state index is 11.8. The molecule has 0 saturated carbocycles. The number of rotatable bonds is 4. The fourth-order valence-corrected chi connectivity index (χ4v) is 2.00. The summed E-state index contributed by atoms with van der Waals surface area (Å²) in [4.78, 5) is 23.5. The molecule has 2 rings (SSSR count). The zero-order valence-electron chi connectivity index (χ0n) is 11.9. The van der Waals surface area contributed by atoms with Gasteiger partial charge in [0.15, 0.2) is 6.61 Å². The number of nitrogens with one attached hydrogen (secondary N) is 1. The van der Waals surface area contributed by atoms with Crippen LogP contribution >= 0.6 is 15.9 Å². The standard InChI is InChI=1S/C16H15BrN2O3/c1-10-8-13(6-7-14(10)17)19-15(20)9-22-16(21)11-2-4-12(18)5-3-11/h2-8H,9,18H2,1H3,(H,19,20). The minimum Gasteiger partial charge on any atom is -0.452 e. The van der Waals surface area contributed by atoms with Gasteiger partial charge in [-0.25, -0.2) is 4.79 Å². The molecule has 114 valence electrons. The Kier molecular flexibility index (Phi) is 5.16. The smallest absolute Gasteiger partial charge is 0.338 e. The number of halogens is 1. The van der Waals surface area contributed by atoms with Crippen LogP contribution in [-0.4, -0.2) is 18.5 Å². The van der Waals surface area contributed by atoms with Gasteiger partial charge >= 0.3 is 5.97 Å². The second kappa shape index (κ2) is 7.09. The van der Waals surface area contributed by atoms with Crippen molar-refractivity contribution in [2.75, 3.05) is 17.7 Å². The van der Waals surface area contributed by atoms with E-state index in [-0.39, 0.29) is 6.61 Å². The Labute approximate surface area is 136 Å². The Hall–Kier alpha value is -2.34. The molecule has 0 unspecified atom stereocenters. The minimum atomic E-state index is -0.567. The normalized spacial score (nSPS) is 10.1. The molecule has 0 saturated heterocycles. The lowest BCUT2D eigenvalue weighted by Crippen LogP contribution is -2.21. The number of anilines is 2. The van der Waals surface area contributed by atoms with Crippen molar-refractivity contribution in [3.8, 4) is 0 Å². The fourth-order valence-electron chi connectivity index (χ4n) is 1.75. The zero-order valence-corrected chi connectivity index (χ0v) is 13.5. The lowest BCUT2D eigenvalue weighted by molar-refractivity contribution is -0.119. The first-order chi connectivity index (χ1) is 10.5. The predicted octanol–water partition coefficient (Wildman–Crippen LogP) is 3.14. The van der Waals surface area contributed by atoms with Gasteiger partial charge in [0.25, 0.3) is 5.91 Å². The summed E-state index contributed by atoms with van der Waals surface area (Å²) in [5.74, 6) is -0.965. The third-order valence-electron chi connectivity index (χ3n) is 2.92. The van der Waals surface area contributed by atoms with E-state index in [1.54, 1.807) is 30.3 Å². The summed E-state index contributed by atoms with van der Waals surface area (Å²) in [6.07, 6.45) is 0. The molecule has 0 aliphatic rings. The summed E-state index contributed by atoms with van der Waals surface area (Å²) in [6.45, 7) is 1.57. The first-order valence-corrected chi connectivity index (χ1v) is 7.33. The first-order valence-electron chi connectivity index (χ1n) is 6.54. The molecule has 1 amide bonds. The summed E-state index contributed by atoms with van der Waals surface area (Å²) in [5, 5.41) is 2.67. The Balaban J connectivity index is 1.88. The summed E-state index contributed by atoms with van der Waals surface area (Å²) in [6, 6.07) is 11.7. The molecule has 0 bridgehead atoms. The number of aryl methyl sites for hydroxylation is 1. The number of hydrogen-bond acceptors (Lipinski definition) is 4. The van der Waals surface area contributed by atoms with Gasteiger partial charge in [0.2, 0.25) is 0 Å². The second-order valence-corrected chi connectivity index (χ2v) is 5.56. The number of benzene rings is 2. The lowest BCUT2D eigenvalue weighted by atomic mass is 10.2. The van der Waals surface area contributed by atoms with Gasteiger partial charge in [-0.1, -0.05) is 15.9 Å². The number of amides is 1. The summed E-state index contributed by atoms with van der Waals surface area (Å²) in [5.41, 5.74) is 8.09. The van der Waals surface area contributed by atoms with Crippen molar-refractivity contribution in [1.82, 2.24) is 0 Å². The number of hydrogen-bond donors (Lipinski definition) is 2. The molecule has 2 aromatic carbocycles. The molecular weight excluding hydrogens is 348 g/mol. The Morgan fingerprint density at radius 2 is 1.86 bits per heavy atom. The van der Waals surface area contributed by atoms with E-state index in [1.165, 1.54) is 0 Å². The van der Waals surface area contributed by atoms with Crippen molar-refractivity contribution in [2.45, 2.75) is 6.92 Å². The van der Waals surface area contributed by atoms with Gasteiger partial charge in [-0.05, 0) is 55.0 Å². The van der Waals surface area contributed by atoms with E-state index in [0.717, 1.165) is 10.0 Å². The van der Waals surface area contributed by atoms with Crippen molar-refractivity contribution in [2.24, 2.45) is 0 Å². The molecule has 2 aromatic rings. The number of ether oxygens (including phenoxy) is 1. The third kappa shape index (κ3) is 4.33. The van der Waals surface area contributed by atoms with E-state index in [1.807, 2.05) is 19.1 Å². The van der Waals surface area contributed by atoms with Crippen LogP contribution in [0.15, 0.2) is 46.9 Å². The van der Waals surface area contributed by atoms with Crippen molar-refractivity contribution in [1.29, 1.82) is 0 Å². The van der Waals surface area contributed by atoms with Gasteiger partial charge < -0.3 is 15.8 Å². The van der Waals surface area contributed by atoms with E-state index >= 15 is 0 Å². The van der Waals surface area contributed by atoms with Gasteiger partial charge in [-0.2, -0.15) is 0 Å².